The van der Waals surface area contributed by atoms with Crippen LogP contribution in [0.1, 0.15) is 10.4 Å². The van der Waals surface area contributed by atoms with E-state index in [0.29, 0.717) is 4.47 Å². The van der Waals surface area contributed by atoms with Crippen molar-refractivity contribution in [1.82, 2.24) is 15.0 Å². The lowest BCUT2D eigenvalue weighted by Gasteiger charge is -2.03. The first-order valence-corrected chi connectivity index (χ1v) is 5.48. The van der Waals surface area contributed by atoms with E-state index in [9.17, 15) is 14.9 Å². The van der Waals surface area contributed by atoms with Crippen molar-refractivity contribution in [3.63, 3.8) is 0 Å². The van der Waals surface area contributed by atoms with E-state index in [4.69, 9.17) is 0 Å². The molecule has 1 amide bonds. The van der Waals surface area contributed by atoms with E-state index >= 15 is 0 Å². The lowest BCUT2D eigenvalue weighted by molar-refractivity contribution is -0.389. The number of anilines is 1. The van der Waals surface area contributed by atoms with Crippen LogP contribution >= 0.6 is 15.9 Å². The Kier molecular flexibility index (Phi) is 3.33. The number of carbonyl (C=O) groups excluding carboxylic acids is 1. The molecule has 2 N–H and O–H groups in total. The normalized spacial score (nSPS) is 10.1. The smallest absolute Gasteiger partial charge is 0.358 e. The number of hydrogen-bond donors (Lipinski definition) is 2. The minimum atomic E-state index is -0.671. The van der Waals surface area contributed by atoms with E-state index in [1.165, 1.54) is 12.4 Å². The third-order valence-electron chi connectivity index (χ3n) is 2.00. The van der Waals surface area contributed by atoms with E-state index in [0.717, 1.165) is 6.07 Å². The number of imidazole rings is 1. The molecule has 8 nitrogen and oxygen atoms in total. The fourth-order valence-corrected chi connectivity index (χ4v) is 1.61. The maximum atomic E-state index is 11.9. The van der Waals surface area contributed by atoms with Gasteiger partial charge in [0, 0.05) is 18.5 Å². The molecule has 92 valence electrons. The summed E-state index contributed by atoms with van der Waals surface area (Å²) < 4.78 is 0.358. The van der Waals surface area contributed by atoms with Crippen LogP contribution in [0, 0.1) is 10.1 Å². The zero-order chi connectivity index (χ0) is 13.1. The van der Waals surface area contributed by atoms with E-state index in [1.807, 2.05) is 0 Å². The monoisotopic (exact) mass is 311 g/mol. The van der Waals surface area contributed by atoms with Crippen LogP contribution in [0.4, 0.5) is 11.8 Å². The van der Waals surface area contributed by atoms with Crippen molar-refractivity contribution >= 4 is 33.6 Å². The van der Waals surface area contributed by atoms with Crippen LogP contribution in [0.25, 0.3) is 0 Å². The second kappa shape index (κ2) is 4.92. The lowest BCUT2D eigenvalue weighted by atomic mass is 10.2. The first kappa shape index (κ1) is 12.2. The van der Waals surface area contributed by atoms with Gasteiger partial charge >= 0.3 is 5.82 Å². The van der Waals surface area contributed by atoms with E-state index in [1.54, 1.807) is 6.20 Å². The number of H-pyrrole nitrogens is 1. The predicted octanol–water partition coefficient (Wildman–Crippen LogP) is 1.73. The topological polar surface area (TPSA) is 114 Å². The lowest BCUT2D eigenvalue weighted by Crippen LogP contribution is -2.14. The summed E-state index contributed by atoms with van der Waals surface area (Å²) in [5.41, 5.74) is 0.105. The van der Waals surface area contributed by atoms with Gasteiger partial charge in [0.2, 0.25) is 5.95 Å². The highest BCUT2D eigenvalue weighted by molar-refractivity contribution is 9.10. The maximum absolute atomic E-state index is 11.9. The zero-order valence-electron chi connectivity index (χ0n) is 8.75. The van der Waals surface area contributed by atoms with Gasteiger partial charge in [-0.3, -0.25) is 10.1 Å². The largest absolute Gasteiger partial charge is 0.364 e. The van der Waals surface area contributed by atoms with Gasteiger partial charge in [0.25, 0.3) is 5.91 Å². The number of carbonyl (C=O) groups is 1. The molecule has 0 fully saturated rings. The summed E-state index contributed by atoms with van der Waals surface area (Å²) in [6.07, 6.45) is 4.22. The predicted molar refractivity (Wildman–Crippen MR) is 65.1 cm³/mol. The summed E-state index contributed by atoms with van der Waals surface area (Å²) in [6, 6.07) is 1.09. The molecule has 2 aromatic rings. The Bertz CT molecular complexity index is 598. The van der Waals surface area contributed by atoms with Crippen molar-refractivity contribution < 1.29 is 9.72 Å². The Morgan fingerprint density at radius 1 is 1.50 bits per heavy atom. The average molecular weight is 312 g/mol. The highest BCUT2D eigenvalue weighted by Crippen LogP contribution is 2.20. The molecule has 0 radical (unpaired) electrons. The molecule has 0 aliphatic carbocycles. The number of rotatable bonds is 3. The fraction of sp³-hybridized carbons (Fsp3) is 0. The van der Waals surface area contributed by atoms with Gasteiger partial charge in [-0.25, -0.2) is 4.98 Å². The van der Waals surface area contributed by atoms with Gasteiger partial charge in [0.05, 0.1) is 10.0 Å². The van der Waals surface area contributed by atoms with Crippen molar-refractivity contribution in [1.29, 1.82) is 0 Å². The van der Waals surface area contributed by atoms with Gasteiger partial charge in [-0.05, 0) is 25.8 Å². The number of pyridine rings is 1. The SMILES string of the molecule is O=C(Nc1ncc[nH]1)c1cc([N+](=O)[O-])ncc1Br. The average Bonchev–Trinajstić information content (AvgIpc) is 2.81. The molecule has 2 aromatic heterocycles. The van der Waals surface area contributed by atoms with Crippen LogP contribution in [-0.2, 0) is 0 Å². The number of nitrogens with one attached hydrogen (secondary N) is 2. The van der Waals surface area contributed by atoms with Crippen molar-refractivity contribution in [3.05, 3.63) is 44.8 Å². The molecule has 0 aliphatic heterocycles. The summed E-state index contributed by atoms with van der Waals surface area (Å²) >= 11 is 3.11. The number of aromatic nitrogens is 3. The zero-order valence-corrected chi connectivity index (χ0v) is 10.3. The summed E-state index contributed by atoms with van der Waals surface area (Å²) in [4.78, 5) is 31.8. The van der Waals surface area contributed by atoms with Crippen LogP contribution < -0.4 is 5.32 Å². The molecule has 0 atom stereocenters. The molecule has 0 unspecified atom stereocenters. The van der Waals surface area contributed by atoms with Gasteiger partial charge < -0.3 is 15.1 Å². The number of nitrogens with zero attached hydrogens (tertiary/aromatic N) is 3. The first-order valence-electron chi connectivity index (χ1n) is 4.68. The number of hydrogen-bond acceptors (Lipinski definition) is 5. The molecule has 2 rings (SSSR count). The quantitative estimate of drug-likeness (QED) is 0.661. The van der Waals surface area contributed by atoms with Gasteiger partial charge in [-0.2, -0.15) is 0 Å². The Hall–Kier alpha value is -2.29. The van der Waals surface area contributed by atoms with Crippen molar-refractivity contribution in [3.8, 4) is 0 Å². The Morgan fingerprint density at radius 3 is 2.89 bits per heavy atom. The molecule has 0 bridgehead atoms. The Balaban J connectivity index is 2.29. The Morgan fingerprint density at radius 2 is 2.28 bits per heavy atom. The second-order valence-corrected chi connectivity index (χ2v) is 4.03. The van der Waals surface area contributed by atoms with Gasteiger partial charge in [0.15, 0.2) is 6.20 Å². The standard InChI is InChI=1S/C9H6BrN5O3/c10-6-4-13-7(15(17)18)3-5(6)8(16)14-9-11-1-2-12-9/h1-4H,(H2,11,12,14,16). The highest BCUT2D eigenvalue weighted by Gasteiger charge is 2.18. The van der Waals surface area contributed by atoms with Gasteiger partial charge in [-0.15, -0.1) is 0 Å². The molecule has 0 saturated heterocycles. The van der Waals surface area contributed by atoms with Crippen molar-refractivity contribution in [2.75, 3.05) is 5.32 Å². The molecular weight excluding hydrogens is 306 g/mol. The summed E-state index contributed by atoms with van der Waals surface area (Å²) in [6.45, 7) is 0. The molecule has 18 heavy (non-hydrogen) atoms. The fourth-order valence-electron chi connectivity index (χ4n) is 1.21. The molecule has 9 heteroatoms. The summed E-state index contributed by atoms with van der Waals surface area (Å²) in [5, 5.41) is 13.0. The van der Waals surface area contributed by atoms with E-state index < -0.39 is 16.6 Å². The number of amides is 1. The van der Waals surface area contributed by atoms with Crippen molar-refractivity contribution in [2.24, 2.45) is 0 Å². The molecular formula is C9H6BrN5O3. The maximum Gasteiger partial charge on any atom is 0.364 e. The van der Waals surface area contributed by atoms with Crippen LogP contribution in [0.5, 0.6) is 0 Å². The molecule has 2 heterocycles. The first-order chi connectivity index (χ1) is 8.58. The third kappa shape index (κ3) is 2.51. The molecule has 0 spiro atoms. The summed E-state index contributed by atoms with van der Waals surface area (Å²) in [5.74, 6) is -0.670. The number of aromatic amines is 1. The second-order valence-electron chi connectivity index (χ2n) is 3.17. The Labute approximate surface area is 109 Å². The number of halogens is 1. The van der Waals surface area contributed by atoms with Crippen molar-refractivity contribution in [2.45, 2.75) is 0 Å². The highest BCUT2D eigenvalue weighted by atomic mass is 79.9. The van der Waals surface area contributed by atoms with Gasteiger partial charge in [-0.1, -0.05) is 0 Å². The number of nitro groups is 1. The third-order valence-corrected chi connectivity index (χ3v) is 2.63. The van der Waals surface area contributed by atoms with Crippen LogP contribution in [-0.4, -0.2) is 25.8 Å². The molecule has 0 aliphatic rings. The minimum absolute atomic E-state index is 0.105. The molecule has 0 aromatic carbocycles. The molecule has 0 saturated carbocycles. The minimum Gasteiger partial charge on any atom is -0.358 e. The van der Waals surface area contributed by atoms with Crippen LogP contribution in [0.3, 0.4) is 0 Å². The van der Waals surface area contributed by atoms with Crippen LogP contribution in [0.2, 0.25) is 0 Å². The van der Waals surface area contributed by atoms with E-state index in [-0.39, 0.29) is 11.5 Å². The van der Waals surface area contributed by atoms with Crippen LogP contribution in [0.15, 0.2) is 29.1 Å². The summed E-state index contributed by atoms with van der Waals surface area (Å²) in [7, 11) is 0. The van der Waals surface area contributed by atoms with E-state index in [2.05, 4.69) is 36.2 Å². The van der Waals surface area contributed by atoms with Gasteiger partial charge in [0.1, 0.15) is 0 Å².